The van der Waals surface area contributed by atoms with Crippen LogP contribution in [0, 0.1) is 5.92 Å². The minimum atomic E-state index is -0.378. The second kappa shape index (κ2) is 10.4. The number of epoxide rings is 1. The first-order valence-corrected chi connectivity index (χ1v) is 12.3. The van der Waals surface area contributed by atoms with Crippen LogP contribution in [0.25, 0.3) is 0 Å². The summed E-state index contributed by atoms with van der Waals surface area (Å²) in [5.74, 6) is -0.777. The van der Waals surface area contributed by atoms with Gasteiger partial charge in [0.2, 0.25) is 5.91 Å². The summed E-state index contributed by atoms with van der Waals surface area (Å²) >= 11 is 6.40. The fourth-order valence-corrected chi connectivity index (χ4v) is 4.88. The first-order valence-electron chi connectivity index (χ1n) is 11.9. The van der Waals surface area contributed by atoms with Gasteiger partial charge in [0.15, 0.2) is 5.78 Å². The Morgan fingerprint density at radius 2 is 2.09 bits per heavy atom. The Kier molecular flexibility index (Phi) is 7.52. The Hall–Kier alpha value is -2.84. The summed E-state index contributed by atoms with van der Waals surface area (Å²) in [6.07, 6.45) is 9.75. The molecule has 9 heteroatoms. The van der Waals surface area contributed by atoms with E-state index in [0.717, 1.165) is 12.5 Å². The molecule has 3 atom stereocenters. The summed E-state index contributed by atoms with van der Waals surface area (Å²) in [6, 6.07) is 1.09. The number of oxime groups is 1. The molecule has 1 aromatic rings. The van der Waals surface area contributed by atoms with E-state index in [1.54, 1.807) is 17.1 Å². The van der Waals surface area contributed by atoms with Gasteiger partial charge in [-0.15, -0.1) is 0 Å². The number of benzene rings is 1. The molecule has 0 unspecified atom stereocenters. The van der Waals surface area contributed by atoms with Crippen molar-refractivity contribution in [3.8, 4) is 11.5 Å². The zero-order valence-corrected chi connectivity index (χ0v) is 20.8. The van der Waals surface area contributed by atoms with Crippen LogP contribution in [-0.4, -0.2) is 63.9 Å². The van der Waals surface area contributed by atoms with Crippen molar-refractivity contribution in [2.75, 3.05) is 19.7 Å². The Bertz CT molecular complexity index is 1100. The van der Waals surface area contributed by atoms with E-state index in [9.17, 15) is 19.8 Å². The maximum absolute atomic E-state index is 13.2. The molecule has 3 aliphatic rings. The number of ketones is 1. The number of nitrogens with zero attached hydrogens (tertiary/aromatic N) is 2. The number of likely N-dealkylation sites (tertiary alicyclic amines) is 1. The molecule has 0 bridgehead atoms. The monoisotopic (exact) mass is 502 g/mol. The van der Waals surface area contributed by atoms with Gasteiger partial charge < -0.3 is 24.7 Å². The average molecular weight is 503 g/mol. The topological polar surface area (TPSA) is 112 Å². The minimum absolute atomic E-state index is 0.0108. The van der Waals surface area contributed by atoms with E-state index in [1.165, 1.54) is 0 Å². The average Bonchev–Trinajstić information content (AvgIpc) is 3.22. The summed E-state index contributed by atoms with van der Waals surface area (Å²) in [5, 5.41) is 25.0. The van der Waals surface area contributed by atoms with Crippen LogP contribution in [0.4, 0.5) is 0 Å². The Morgan fingerprint density at radius 3 is 2.83 bits per heavy atom. The van der Waals surface area contributed by atoms with E-state index in [1.807, 2.05) is 26.0 Å². The van der Waals surface area contributed by atoms with E-state index >= 15 is 0 Å². The van der Waals surface area contributed by atoms with Crippen LogP contribution in [-0.2, 0) is 20.8 Å². The molecule has 2 aliphatic heterocycles. The van der Waals surface area contributed by atoms with Crippen molar-refractivity contribution < 1.29 is 29.4 Å². The van der Waals surface area contributed by atoms with Crippen LogP contribution < -0.4 is 0 Å². The number of halogens is 1. The number of Topliss-reactive ketones (excluding diaryl/α,β-unsaturated/α-hetero) is 1. The first kappa shape index (κ1) is 25.3. The van der Waals surface area contributed by atoms with Gasteiger partial charge in [-0.1, -0.05) is 41.9 Å². The van der Waals surface area contributed by atoms with Crippen molar-refractivity contribution in [3.05, 3.63) is 46.5 Å². The second-order valence-electron chi connectivity index (χ2n) is 9.64. The smallest absolute Gasteiger partial charge is 0.222 e. The van der Waals surface area contributed by atoms with Gasteiger partial charge in [-0.05, 0) is 37.3 Å². The number of phenolic OH excluding ortho intramolecular Hbond substituents is 2. The maximum Gasteiger partial charge on any atom is 0.222 e. The van der Waals surface area contributed by atoms with Crippen LogP contribution in [0.2, 0.25) is 5.02 Å². The molecule has 2 fully saturated rings. The fourth-order valence-electron chi connectivity index (χ4n) is 4.67. The predicted octanol–water partition coefficient (Wildman–Crippen LogP) is 4.17. The van der Waals surface area contributed by atoms with Gasteiger partial charge in [-0.25, -0.2) is 0 Å². The summed E-state index contributed by atoms with van der Waals surface area (Å²) in [4.78, 5) is 32.3. The molecule has 35 heavy (non-hydrogen) atoms. The molecular formula is C26H31ClN2O6. The SMILES string of the molecule is C[C@H]1CC(=O)c2c(O)cc(O)c(Cl)c2CC(=N\OCCN2CCCC2=O)/C=C/C=C\[C@@]2(C)O[C@@H]2C1. The number of aromatic hydroxyl groups is 2. The fraction of sp³-hybridized carbons (Fsp3) is 0.500. The van der Waals surface area contributed by atoms with E-state index < -0.39 is 0 Å². The third-order valence-electron chi connectivity index (χ3n) is 6.72. The van der Waals surface area contributed by atoms with E-state index in [4.69, 9.17) is 21.2 Å². The number of allylic oxidation sites excluding steroid dienone is 3. The van der Waals surface area contributed by atoms with Crippen molar-refractivity contribution in [1.82, 2.24) is 4.90 Å². The van der Waals surface area contributed by atoms with Gasteiger partial charge in [0.1, 0.15) is 23.7 Å². The van der Waals surface area contributed by atoms with Crippen molar-refractivity contribution in [1.29, 1.82) is 0 Å². The minimum Gasteiger partial charge on any atom is -0.507 e. The van der Waals surface area contributed by atoms with E-state index in [2.05, 4.69) is 5.16 Å². The molecule has 2 heterocycles. The molecule has 4 rings (SSSR count). The molecular weight excluding hydrogens is 472 g/mol. The quantitative estimate of drug-likeness (QED) is 0.363. The zero-order chi connectivity index (χ0) is 25.2. The van der Waals surface area contributed by atoms with Gasteiger partial charge in [-0.3, -0.25) is 9.59 Å². The maximum atomic E-state index is 13.2. The Balaban J connectivity index is 1.63. The van der Waals surface area contributed by atoms with Crippen molar-refractivity contribution in [2.45, 2.75) is 57.7 Å². The molecule has 0 aromatic heterocycles. The van der Waals surface area contributed by atoms with Crippen LogP contribution >= 0.6 is 11.6 Å². The lowest BCUT2D eigenvalue weighted by Crippen LogP contribution is -2.28. The number of hydrogen-bond donors (Lipinski definition) is 2. The molecule has 188 valence electrons. The lowest BCUT2D eigenvalue weighted by Gasteiger charge is -2.17. The van der Waals surface area contributed by atoms with Gasteiger partial charge in [-0.2, -0.15) is 0 Å². The number of carbonyl (C=O) groups is 2. The highest BCUT2D eigenvalue weighted by molar-refractivity contribution is 6.33. The number of fused-ring (bicyclic) bond motifs is 2. The number of ether oxygens (including phenoxy) is 1. The number of rotatable bonds is 4. The zero-order valence-electron chi connectivity index (χ0n) is 20.0. The normalized spacial score (nSPS) is 29.9. The molecule has 1 aromatic carbocycles. The number of carbonyl (C=O) groups excluding carboxylic acids is 2. The molecule has 1 aliphatic carbocycles. The summed E-state index contributed by atoms with van der Waals surface area (Å²) in [5.41, 5.74) is 0.427. The molecule has 8 nitrogen and oxygen atoms in total. The van der Waals surface area contributed by atoms with Gasteiger partial charge >= 0.3 is 0 Å². The molecule has 2 saturated heterocycles. The third-order valence-corrected chi connectivity index (χ3v) is 7.14. The van der Waals surface area contributed by atoms with E-state index in [0.29, 0.717) is 31.6 Å². The largest absolute Gasteiger partial charge is 0.507 e. The summed E-state index contributed by atoms with van der Waals surface area (Å²) in [7, 11) is 0. The van der Waals surface area contributed by atoms with Gasteiger partial charge in [0.05, 0.1) is 28.9 Å². The molecule has 0 spiro atoms. The van der Waals surface area contributed by atoms with Gasteiger partial charge in [0.25, 0.3) is 0 Å². The molecule has 1 amide bonds. The molecule has 2 N–H and O–H groups in total. The predicted molar refractivity (Wildman–Crippen MR) is 132 cm³/mol. The highest BCUT2D eigenvalue weighted by atomic mass is 35.5. The molecule has 0 saturated carbocycles. The lowest BCUT2D eigenvalue weighted by atomic mass is 9.89. The van der Waals surface area contributed by atoms with Gasteiger partial charge in [0, 0.05) is 31.9 Å². The number of hydrogen-bond acceptors (Lipinski definition) is 7. The van der Waals surface area contributed by atoms with Crippen molar-refractivity contribution in [3.63, 3.8) is 0 Å². The first-order chi connectivity index (χ1) is 16.7. The van der Waals surface area contributed by atoms with Crippen LogP contribution in [0.3, 0.4) is 0 Å². The highest BCUT2D eigenvalue weighted by Gasteiger charge is 2.50. The van der Waals surface area contributed by atoms with E-state index in [-0.39, 0.29) is 76.4 Å². The summed E-state index contributed by atoms with van der Waals surface area (Å²) < 4.78 is 5.86. The number of amides is 1. The van der Waals surface area contributed by atoms with Crippen LogP contribution in [0.15, 0.2) is 35.5 Å². The lowest BCUT2D eigenvalue weighted by molar-refractivity contribution is -0.128. The number of phenols is 2. The van der Waals surface area contributed by atoms with Crippen molar-refractivity contribution >= 4 is 29.0 Å². The third kappa shape index (κ3) is 5.87. The van der Waals surface area contributed by atoms with Crippen LogP contribution in [0.1, 0.15) is 55.5 Å². The highest BCUT2D eigenvalue weighted by Crippen LogP contribution is 2.43. The van der Waals surface area contributed by atoms with Crippen LogP contribution in [0.5, 0.6) is 11.5 Å². The van der Waals surface area contributed by atoms with Crippen molar-refractivity contribution in [2.24, 2.45) is 11.1 Å². The standard InChI is InChI=1S/C26H31ClN2O6/c1-16-12-19(30)24-18(25(27)21(32)15-20(24)31)14-17(6-3-4-8-26(2)22(13-16)35-26)28-34-11-10-29-9-5-7-23(29)33/h3-4,6,8,15-16,22,31-32H,5,7,9-14H2,1-2H3/b6-3+,8-4-,28-17-/t16-,22+,26+/m0/s1. The summed E-state index contributed by atoms with van der Waals surface area (Å²) in [6.45, 7) is 5.34. The Morgan fingerprint density at radius 1 is 1.29 bits per heavy atom. The molecule has 0 radical (unpaired) electrons. The second-order valence-corrected chi connectivity index (χ2v) is 10.0. The Labute approximate surface area is 209 Å².